The van der Waals surface area contributed by atoms with E-state index in [4.69, 9.17) is 15.6 Å². The number of primary sulfonamides is 1. The van der Waals surface area contributed by atoms with Crippen LogP contribution in [0.1, 0.15) is 5.56 Å². The van der Waals surface area contributed by atoms with Crippen LogP contribution in [0.5, 0.6) is 5.75 Å². The van der Waals surface area contributed by atoms with E-state index < -0.39 is 10.0 Å². The van der Waals surface area contributed by atoms with Gasteiger partial charge in [-0.05, 0) is 18.1 Å². The maximum Gasteiger partial charge on any atom is 0.241 e. The maximum absolute atomic E-state index is 11.3. The molecule has 0 saturated carbocycles. The first-order valence-corrected chi connectivity index (χ1v) is 6.06. The third kappa shape index (κ3) is 1.97. The molecule has 5 nitrogen and oxygen atoms in total. The zero-order valence-electron chi connectivity index (χ0n) is 8.01. The number of benzene rings is 1. The van der Waals surface area contributed by atoms with E-state index in [1.807, 2.05) is 0 Å². The van der Waals surface area contributed by atoms with Gasteiger partial charge in [-0.2, -0.15) is 0 Å². The predicted molar refractivity (Wildman–Crippen MR) is 55.0 cm³/mol. The van der Waals surface area contributed by atoms with Gasteiger partial charge in [0.15, 0.2) is 0 Å². The molecule has 1 aromatic rings. The quantitative estimate of drug-likeness (QED) is 0.683. The molecule has 0 aliphatic carbocycles. The molecule has 0 saturated heterocycles. The zero-order chi connectivity index (χ0) is 11.1. The lowest BCUT2D eigenvalue weighted by Gasteiger charge is -2.23. The average molecular weight is 228 g/mol. The van der Waals surface area contributed by atoms with E-state index in [9.17, 15) is 8.42 Å². The van der Waals surface area contributed by atoms with Gasteiger partial charge in [-0.1, -0.05) is 12.1 Å². The van der Waals surface area contributed by atoms with Crippen molar-refractivity contribution in [2.24, 2.45) is 10.9 Å². The second kappa shape index (κ2) is 3.48. The zero-order valence-corrected chi connectivity index (χ0v) is 8.83. The molecule has 0 bridgehead atoms. The minimum absolute atomic E-state index is 0.0342. The van der Waals surface area contributed by atoms with Crippen LogP contribution in [0, 0.1) is 0 Å². The minimum atomic E-state index is -3.73. The molecular formula is C9H12N2O3S. The van der Waals surface area contributed by atoms with Gasteiger partial charge in [-0.25, -0.2) is 13.6 Å². The Morgan fingerprint density at radius 3 is 2.80 bits per heavy atom. The van der Waals surface area contributed by atoms with Crippen LogP contribution in [0.4, 0.5) is 0 Å². The number of nitrogens with two attached hydrogens (primary N) is 2. The third-order valence-electron chi connectivity index (χ3n) is 2.29. The van der Waals surface area contributed by atoms with Crippen LogP contribution >= 0.6 is 0 Å². The lowest BCUT2D eigenvalue weighted by molar-refractivity contribution is 0.256. The summed E-state index contributed by atoms with van der Waals surface area (Å²) < 4.78 is 27.8. The Bertz CT molecular complexity index is 484. The van der Waals surface area contributed by atoms with Crippen molar-refractivity contribution in [3.05, 3.63) is 23.8 Å². The molecule has 1 aromatic carbocycles. The fourth-order valence-corrected chi connectivity index (χ4v) is 2.36. The Kier molecular flexibility index (Phi) is 2.41. The van der Waals surface area contributed by atoms with Crippen molar-refractivity contribution >= 4 is 10.0 Å². The smallest absolute Gasteiger partial charge is 0.241 e. The van der Waals surface area contributed by atoms with Crippen molar-refractivity contribution in [1.29, 1.82) is 0 Å². The first-order chi connectivity index (χ1) is 6.98. The number of rotatable bonds is 1. The largest absolute Gasteiger partial charge is 0.490 e. The van der Waals surface area contributed by atoms with Gasteiger partial charge in [0.1, 0.15) is 17.3 Å². The highest BCUT2D eigenvalue weighted by Gasteiger charge is 2.23. The monoisotopic (exact) mass is 228 g/mol. The van der Waals surface area contributed by atoms with Crippen LogP contribution in [0.25, 0.3) is 0 Å². The Morgan fingerprint density at radius 1 is 1.40 bits per heavy atom. The summed E-state index contributed by atoms with van der Waals surface area (Å²) >= 11 is 0. The van der Waals surface area contributed by atoms with Crippen molar-refractivity contribution in [3.63, 3.8) is 0 Å². The molecule has 1 aliphatic rings. The van der Waals surface area contributed by atoms with Crippen molar-refractivity contribution in [1.82, 2.24) is 0 Å². The van der Waals surface area contributed by atoms with E-state index in [1.165, 1.54) is 6.07 Å². The topological polar surface area (TPSA) is 95.4 Å². The van der Waals surface area contributed by atoms with Crippen LogP contribution in [0.3, 0.4) is 0 Å². The van der Waals surface area contributed by atoms with Crippen LogP contribution in [0.15, 0.2) is 23.1 Å². The van der Waals surface area contributed by atoms with Gasteiger partial charge < -0.3 is 10.5 Å². The van der Waals surface area contributed by atoms with Gasteiger partial charge in [0.25, 0.3) is 0 Å². The van der Waals surface area contributed by atoms with E-state index >= 15 is 0 Å². The van der Waals surface area contributed by atoms with E-state index in [1.54, 1.807) is 12.1 Å². The lowest BCUT2D eigenvalue weighted by atomic mass is 10.0. The van der Waals surface area contributed by atoms with E-state index in [2.05, 4.69) is 0 Å². The fourth-order valence-electron chi connectivity index (χ4n) is 1.64. The highest BCUT2D eigenvalue weighted by molar-refractivity contribution is 7.89. The molecule has 1 atom stereocenters. The Labute approximate surface area is 88.1 Å². The number of para-hydroxylation sites is 1. The Balaban J connectivity index is 2.56. The summed E-state index contributed by atoms with van der Waals surface area (Å²) in [5, 5.41) is 5.08. The van der Waals surface area contributed by atoms with Gasteiger partial charge in [-0.15, -0.1) is 0 Å². The van der Waals surface area contributed by atoms with Crippen molar-refractivity contribution in [3.8, 4) is 5.75 Å². The summed E-state index contributed by atoms with van der Waals surface area (Å²) in [5.41, 5.74) is 6.49. The highest BCUT2D eigenvalue weighted by Crippen LogP contribution is 2.30. The van der Waals surface area contributed by atoms with E-state index in [-0.39, 0.29) is 10.9 Å². The summed E-state index contributed by atoms with van der Waals surface area (Å²) in [6.45, 7) is 0.319. The van der Waals surface area contributed by atoms with Gasteiger partial charge in [-0.3, -0.25) is 0 Å². The molecule has 82 valence electrons. The number of sulfonamides is 1. The number of hydrogen-bond donors (Lipinski definition) is 2. The van der Waals surface area contributed by atoms with Gasteiger partial charge in [0.2, 0.25) is 10.0 Å². The van der Waals surface area contributed by atoms with Crippen LogP contribution in [-0.2, 0) is 16.4 Å². The summed E-state index contributed by atoms with van der Waals surface area (Å²) in [5.74, 6) is 0.349. The van der Waals surface area contributed by atoms with Crippen molar-refractivity contribution in [2.45, 2.75) is 17.4 Å². The highest BCUT2D eigenvalue weighted by atomic mass is 32.2. The summed E-state index contributed by atoms with van der Waals surface area (Å²) in [6.07, 6.45) is 0.610. The molecule has 0 aromatic heterocycles. The number of hydrogen-bond acceptors (Lipinski definition) is 4. The molecule has 2 rings (SSSR count). The van der Waals surface area contributed by atoms with Gasteiger partial charge >= 0.3 is 0 Å². The summed E-state index contributed by atoms with van der Waals surface area (Å²) in [4.78, 5) is 0.0342. The summed E-state index contributed by atoms with van der Waals surface area (Å²) in [6, 6.07) is 4.78. The molecule has 0 spiro atoms. The first-order valence-electron chi connectivity index (χ1n) is 4.51. The van der Waals surface area contributed by atoms with E-state index in [0.29, 0.717) is 18.8 Å². The standard InChI is InChI=1S/C9H12N2O3S/c10-7-4-6-2-1-3-8(15(11,12)13)9(6)14-5-7/h1-3,7H,4-5,10H2,(H2,11,12,13)/t7-/m0/s1. The lowest BCUT2D eigenvalue weighted by Crippen LogP contribution is -2.34. The molecule has 0 amide bonds. The molecule has 15 heavy (non-hydrogen) atoms. The number of fused-ring (bicyclic) bond motifs is 1. The maximum atomic E-state index is 11.3. The molecule has 6 heteroatoms. The SMILES string of the molecule is N[C@@H]1COc2c(cccc2S(N)(=O)=O)C1. The van der Waals surface area contributed by atoms with Crippen LogP contribution in [0.2, 0.25) is 0 Å². The van der Waals surface area contributed by atoms with Gasteiger partial charge in [0, 0.05) is 6.04 Å². The van der Waals surface area contributed by atoms with Crippen LogP contribution in [-0.4, -0.2) is 21.1 Å². The number of ether oxygens (including phenoxy) is 1. The molecule has 0 fully saturated rings. The second-order valence-electron chi connectivity index (χ2n) is 3.56. The van der Waals surface area contributed by atoms with Crippen LogP contribution < -0.4 is 15.6 Å². The second-order valence-corrected chi connectivity index (χ2v) is 5.09. The van der Waals surface area contributed by atoms with E-state index in [0.717, 1.165) is 5.56 Å². The molecule has 0 radical (unpaired) electrons. The fraction of sp³-hybridized carbons (Fsp3) is 0.333. The predicted octanol–water partition coefficient (Wildman–Crippen LogP) is -0.404. The summed E-state index contributed by atoms with van der Waals surface area (Å²) in [7, 11) is -3.73. The Hall–Kier alpha value is -1.11. The Morgan fingerprint density at radius 2 is 2.13 bits per heavy atom. The normalized spacial score (nSPS) is 20.5. The van der Waals surface area contributed by atoms with Crippen molar-refractivity contribution in [2.75, 3.05) is 6.61 Å². The first kappa shape index (κ1) is 10.4. The molecule has 1 heterocycles. The molecule has 0 unspecified atom stereocenters. The average Bonchev–Trinajstić information content (AvgIpc) is 2.15. The minimum Gasteiger partial charge on any atom is -0.490 e. The molecule has 4 N–H and O–H groups in total. The third-order valence-corrected chi connectivity index (χ3v) is 3.23. The van der Waals surface area contributed by atoms with Gasteiger partial charge in [0.05, 0.1) is 0 Å². The molecule has 1 aliphatic heterocycles. The van der Waals surface area contributed by atoms with Crippen molar-refractivity contribution < 1.29 is 13.2 Å². The molecular weight excluding hydrogens is 216 g/mol.